The quantitative estimate of drug-likeness (QED) is 0.716. The molecule has 0 aliphatic carbocycles. The number of hydrogen-bond donors (Lipinski definition) is 3. The van der Waals surface area contributed by atoms with Crippen molar-refractivity contribution in [1.82, 2.24) is 0 Å². The number of benzene rings is 1. The van der Waals surface area contributed by atoms with E-state index in [1.807, 2.05) is 0 Å². The van der Waals surface area contributed by atoms with Gasteiger partial charge in [0.1, 0.15) is 5.75 Å². The first-order valence-corrected chi connectivity index (χ1v) is 4.30. The average Bonchev–Trinajstić information content (AvgIpc) is 2.03. The molecular formula is C8H10BrNO2. The van der Waals surface area contributed by atoms with E-state index in [2.05, 4.69) is 15.9 Å². The highest BCUT2D eigenvalue weighted by atomic mass is 79.9. The van der Waals surface area contributed by atoms with Crippen LogP contribution in [0.2, 0.25) is 0 Å². The molecule has 0 aromatic heterocycles. The molecule has 1 aromatic carbocycles. The number of rotatable bonds is 2. The van der Waals surface area contributed by atoms with Gasteiger partial charge in [0.15, 0.2) is 0 Å². The van der Waals surface area contributed by atoms with Crippen LogP contribution in [0, 0.1) is 0 Å². The summed E-state index contributed by atoms with van der Waals surface area (Å²) in [6.45, 7) is -0.184. The van der Waals surface area contributed by atoms with Gasteiger partial charge in [-0.15, -0.1) is 0 Å². The minimum Gasteiger partial charge on any atom is -0.508 e. The summed E-state index contributed by atoms with van der Waals surface area (Å²) in [5.74, 6) is 0.103. The monoisotopic (exact) mass is 231 g/mol. The lowest BCUT2D eigenvalue weighted by Gasteiger charge is -2.12. The summed E-state index contributed by atoms with van der Waals surface area (Å²) in [4.78, 5) is 0. The zero-order valence-corrected chi connectivity index (χ0v) is 7.95. The predicted octanol–water partition coefficient (Wildman–Crippen LogP) is 1.15. The molecule has 0 aliphatic rings. The smallest absolute Gasteiger partial charge is 0.121 e. The van der Waals surface area contributed by atoms with Gasteiger partial charge in [0, 0.05) is 10.0 Å². The second kappa shape index (κ2) is 3.89. The molecule has 1 aromatic rings. The van der Waals surface area contributed by atoms with Crippen molar-refractivity contribution >= 4 is 15.9 Å². The Hall–Kier alpha value is -0.580. The fraction of sp³-hybridized carbons (Fsp3) is 0.250. The lowest BCUT2D eigenvalue weighted by atomic mass is 10.1. The Bertz CT molecular complexity index is 258. The van der Waals surface area contributed by atoms with Crippen molar-refractivity contribution < 1.29 is 10.2 Å². The van der Waals surface area contributed by atoms with Crippen molar-refractivity contribution in [3.8, 4) is 5.75 Å². The first kappa shape index (κ1) is 9.51. The van der Waals surface area contributed by atoms with Gasteiger partial charge in [-0.1, -0.05) is 22.0 Å². The molecule has 0 radical (unpaired) electrons. The highest BCUT2D eigenvalue weighted by Crippen LogP contribution is 2.29. The normalized spacial score (nSPS) is 12.9. The number of aliphatic hydroxyl groups excluding tert-OH is 1. The summed E-state index contributed by atoms with van der Waals surface area (Å²) in [5, 5.41) is 18.2. The third-order valence-corrected chi connectivity index (χ3v) is 2.29. The maximum Gasteiger partial charge on any atom is 0.121 e. The molecule has 12 heavy (non-hydrogen) atoms. The van der Waals surface area contributed by atoms with E-state index < -0.39 is 6.04 Å². The van der Waals surface area contributed by atoms with Crippen LogP contribution in [0.15, 0.2) is 22.7 Å². The van der Waals surface area contributed by atoms with E-state index in [9.17, 15) is 5.11 Å². The van der Waals surface area contributed by atoms with Crippen LogP contribution in [0.4, 0.5) is 0 Å². The van der Waals surface area contributed by atoms with Crippen LogP contribution >= 0.6 is 15.9 Å². The van der Waals surface area contributed by atoms with Crippen molar-refractivity contribution in [2.75, 3.05) is 6.61 Å². The van der Waals surface area contributed by atoms with Gasteiger partial charge in [-0.2, -0.15) is 0 Å². The molecule has 0 spiro atoms. The van der Waals surface area contributed by atoms with Crippen LogP contribution in [-0.2, 0) is 0 Å². The van der Waals surface area contributed by atoms with Gasteiger partial charge in [-0.3, -0.25) is 0 Å². The van der Waals surface area contributed by atoms with Crippen LogP contribution in [0.5, 0.6) is 5.75 Å². The van der Waals surface area contributed by atoms with Gasteiger partial charge in [-0.05, 0) is 12.1 Å². The van der Waals surface area contributed by atoms with Crippen LogP contribution < -0.4 is 5.73 Å². The molecule has 0 aliphatic heterocycles. The molecule has 1 atom stereocenters. The maximum absolute atomic E-state index is 9.37. The summed E-state index contributed by atoms with van der Waals surface area (Å²) in [5.41, 5.74) is 6.10. The van der Waals surface area contributed by atoms with Gasteiger partial charge < -0.3 is 15.9 Å². The van der Waals surface area contributed by atoms with Crippen molar-refractivity contribution in [3.05, 3.63) is 28.2 Å². The summed E-state index contributed by atoms with van der Waals surface area (Å²) >= 11 is 3.24. The highest BCUT2D eigenvalue weighted by molar-refractivity contribution is 9.10. The summed E-state index contributed by atoms with van der Waals surface area (Å²) < 4.78 is 0.712. The van der Waals surface area contributed by atoms with Crippen molar-refractivity contribution in [2.45, 2.75) is 6.04 Å². The lowest BCUT2D eigenvalue weighted by molar-refractivity contribution is 0.265. The lowest BCUT2D eigenvalue weighted by Crippen LogP contribution is -2.15. The summed E-state index contributed by atoms with van der Waals surface area (Å²) in [6, 6.07) is 4.47. The molecule has 0 saturated heterocycles. The Morgan fingerprint density at radius 2 is 2.17 bits per heavy atom. The van der Waals surface area contributed by atoms with E-state index in [0.29, 0.717) is 10.0 Å². The Morgan fingerprint density at radius 3 is 2.67 bits per heavy atom. The van der Waals surface area contributed by atoms with E-state index in [1.165, 1.54) is 6.07 Å². The Labute approximate surface area is 79.0 Å². The predicted molar refractivity (Wildman–Crippen MR) is 49.8 cm³/mol. The van der Waals surface area contributed by atoms with Gasteiger partial charge >= 0.3 is 0 Å². The molecule has 0 unspecified atom stereocenters. The molecular weight excluding hydrogens is 222 g/mol. The van der Waals surface area contributed by atoms with Gasteiger partial charge in [0.2, 0.25) is 0 Å². The summed E-state index contributed by atoms with van der Waals surface area (Å²) in [7, 11) is 0. The number of phenols is 1. The standard InChI is InChI=1S/C8H10BrNO2/c9-5-2-1-3-7(12)8(5)6(10)4-11/h1-3,6,11-12H,4,10H2/t6-/m0/s1. The fourth-order valence-corrected chi connectivity index (χ4v) is 1.63. The zero-order valence-electron chi connectivity index (χ0n) is 6.37. The van der Waals surface area contributed by atoms with Crippen molar-refractivity contribution in [2.24, 2.45) is 5.73 Å². The number of nitrogens with two attached hydrogens (primary N) is 1. The molecule has 0 amide bonds. The maximum atomic E-state index is 9.37. The topological polar surface area (TPSA) is 66.5 Å². The average molecular weight is 232 g/mol. The first-order valence-electron chi connectivity index (χ1n) is 3.50. The molecule has 4 N–H and O–H groups in total. The zero-order chi connectivity index (χ0) is 9.14. The van der Waals surface area contributed by atoms with E-state index in [0.717, 1.165) is 0 Å². The third-order valence-electron chi connectivity index (χ3n) is 1.60. The minimum absolute atomic E-state index is 0.103. The van der Waals surface area contributed by atoms with Gasteiger partial charge in [0.05, 0.1) is 12.6 Å². The second-order valence-corrected chi connectivity index (χ2v) is 3.32. The SMILES string of the molecule is N[C@@H](CO)c1c(O)cccc1Br. The molecule has 0 heterocycles. The number of phenolic OH excluding ortho intramolecular Hbond substituents is 1. The Kier molecular flexibility index (Phi) is 3.08. The highest BCUT2D eigenvalue weighted by Gasteiger charge is 2.12. The number of hydrogen-bond acceptors (Lipinski definition) is 3. The molecule has 3 nitrogen and oxygen atoms in total. The largest absolute Gasteiger partial charge is 0.508 e. The minimum atomic E-state index is -0.541. The molecule has 66 valence electrons. The van der Waals surface area contributed by atoms with Crippen molar-refractivity contribution in [3.63, 3.8) is 0 Å². The number of aromatic hydroxyl groups is 1. The van der Waals surface area contributed by atoms with Gasteiger partial charge in [0.25, 0.3) is 0 Å². The Morgan fingerprint density at radius 1 is 1.50 bits per heavy atom. The third kappa shape index (κ3) is 1.77. The molecule has 4 heteroatoms. The van der Waals surface area contributed by atoms with E-state index >= 15 is 0 Å². The van der Waals surface area contributed by atoms with Crippen LogP contribution in [0.25, 0.3) is 0 Å². The van der Waals surface area contributed by atoms with Crippen LogP contribution in [-0.4, -0.2) is 16.8 Å². The fourth-order valence-electron chi connectivity index (χ4n) is 0.984. The number of aliphatic hydroxyl groups is 1. The molecule has 0 saturated carbocycles. The van der Waals surface area contributed by atoms with Crippen molar-refractivity contribution in [1.29, 1.82) is 0 Å². The Balaban J connectivity index is 3.12. The van der Waals surface area contributed by atoms with E-state index in [-0.39, 0.29) is 12.4 Å². The summed E-state index contributed by atoms with van der Waals surface area (Å²) in [6.07, 6.45) is 0. The second-order valence-electron chi connectivity index (χ2n) is 2.46. The number of halogens is 1. The van der Waals surface area contributed by atoms with Crippen LogP contribution in [0.3, 0.4) is 0 Å². The van der Waals surface area contributed by atoms with Crippen LogP contribution in [0.1, 0.15) is 11.6 Å². The molecule has 0 fully saturated rings. The first-order chi connectivity index (χ1) is 5.66. The molecule has 1 rings (SSSR count). The van der Waals surface area contributed by atoms with E-state index in [1.54, 1.807) is 12.1 Å². The van der Waals surface area contributed by atoms with Gasteiger partial charge in [-0.25, -0.2) is 0 Å². The molecule has 0 bridgehead atoms. The van der Waals surface area contributed by atoms with E-state index in [4.69, 9.17) is 10.8 Å².